The van der Waals surface area contributed by atoms with Crippen LogP contribution in [0.4, 0.5) is 22.0 Å². The molecule has 156 valence electrons. The highest BCUT2D eigenvalue weighted by Gasteiger charge is 2.34. The molecule has 0 saturated heterocycles. The first-order chi connectivity index (χ1) is 13.5. The van der Waals surface area contributed by atoms with Crippen molar-refractivity contribution in [1.29, 1.82) is 0 Å². The summed E-state index contributed by atoms with van der Waals surface area (Å²) in [5.41, 5.74) is -0.581. The van der Waals surface area contributed by atoms with E-state index in [0.29, 0.717) is 11.7 Å². The van der Waals surface area contributed by atoms with Crippen LogP contribution in [0.25, 0.3) is 22.6 Å². The third-order valence-electron chi connectivity index (χ3n) is 4.01. The van der Waals surface area contributed by atoms with E-state index in [-0.39, 0.29) is 32.7 Å². The van der Waals surface area contributed by atoms with Gasteiger partial charge in [0, 0.05) is 25.4 Å². The van der Waals surface area contributed by atoms with Gasteiger partial charge in [-0.3, -0.25) is 0 Å². The lowest BCUT2D eigenvalue weighted by atomic mass is 10.2. The van der Waals surface area contributed by atoms with Crippen LogP contribution in [0.15, 0.2) is 34.4 Å². The van der Waals surface area contributed by atoms with Crippen LogP contribution in [0, 0.1) is 0 Å². The lowest BCUT2D eigenvalue weighted by Crippen LogP contribution is -2.13. The minimum atomic E-state index is -4.66. The molecule has 0 aliphatic heterocycles. The fourth-order valence-corrected chi connectivity index (χ4v) is 4.08. The highest BCUT2D eigenvalue weighted by atomic mass is 32.2. The van der Waals surface area contributed by atoms with Crippen molar-refractivity contribution in [3.05, 3.63) is 30.1 Å². The number of aromatic nitrogens is 4. The molecule has 0 aliphatic carbocycles. The molecule has 3 rings (SSSR count). The molecular weight excluding hydrogens is 439 g/mol. The van der Waals surface area contributed by atoms with Gasteiger partial charge in [0.15, 0.2) is 16.4 Å². The summed E-state index contributed by atoms with van der Waals surface area (Å²) in [4.78, 5) is 11.6. The van der Waals surface area contributed by atoms with Gasteiger partial charge >= 0.3 is 11.9 Å². The van der Waals surface area contributed by atoms with Crippen molar-refractivity contribution in [2.45, 2.75) is 28.8 Å². The zero-order valence-electron chi connectivity index (χ0n) is 14.9. The number of halogens is 5. The smallest absolute Gasteiger partial charge is 0.418 e. The van der Waals surface area contributed by atoms with Gasteiger partial charge in [-0.15, -0.1) is 0 Å². The summed E-state index contributed by atoms with van der Waals surface area (Å²) in [5, 5.41) is -0.380. The Kier molecular flexibility index (Phi) is 6.03. The van der Waals surface area contributed by atoms with E-state index in [1.165, 1.54) is 17.8 Å². The van der Waals surface area contributed by atoms with Crippen LogP contribution in [0.1, 0.15) is 12.5 Å². The van der Waals surface area contributed by atoms with Crippen LogP contribution in [-0.4, -0.2) is 40.1 Å². The van der Waals surface area contributed by atoms with E-state index in [0.717, 1.165) is 12.1 Å². The van der Waals surface area contributed by atoms with Gasteiger partial charge in [0.2, 0.25) is 0 Å². The molecule has 0 bridgehead atoms. The molecule has 2 unspecified atom stereocenters. The number of nitrogens with zero attached hydrogens (tertiary/aromatic N) is 4. The number of rotatable bonds is 5. The quantitative estimate of drug-likeness (QED) is 0.437. The molecule has 13 heteroatoms. The summed E-state index contributed by atoms with van der Waals surface area (Å²) >= 11 is -4.42. The molecule has 0 N–H and O–H groups in total. The van der Waals surface area contributed by atoms with E-state index in [4.69, 9.17) is 0 Å². The second-order valence-corrected chi connectivity index (χ2v) is 8.84. The van der Waals surface area contributed by atoms with E-state index in [9.17, 15) is 31.1 Å². The molecule has 0 amide bonds. The van der Waals surface area contributed by atoms with Crippen LogP contribution >= 0.6 is 0 Å². The predicted octanol–water partition coefficient (Wildman–Crippen LogP) is 3.51. The minimum Gasteiger partial charge on any atom is -0.611 e. The maximum atomic E-state index is 13.0. The van der Waals surface area contributed by atoms with Crippen molar-refractivity contribution in [3.8, 4) is 11.5 Å². The molecular formula is C16H13F5N4O2S2. The fourth-order valence-electron chi connectivity index (χ4n) is 2.58. The number of hydrogen-bond donors (Lipinski definition) is 0. The highest BCUT2D eigenvalue weighted by Crippen LogP contribution is 2.35. The Morgan fingerprint density at radius 3 is 2.41 bits per heavy atom. The van der Waals surface area contributed by atoms with E-state index in [2.05, 4.69) is 15.0 Å². The number of aryl methyl sites for hydroxylation is 1. The van der Waals surface area contributed by atoms with Crippen LogP contribution in [-0.2, 0) is 35.6 Å². The Morgan fingerprint density at radius 2 is 1.83 bits per heavy atom. The molecule has 0 spiro atoms. The molecule has 3 aromatic rings. The minimum absolute atomic E-state index is 0.0339. The molecule has 0 aliphatic rings. The number of hydrogen-bond acceptors (Lipinski definition) is 5. The van der Waals surface area contributed by atoms with Crippen molar-refractivity contribution in [3.63, 3.8) is 0 Å². The molecule has 0 radical (unpaired) electrons. The number of fused-ring (bicyclic) bond motifs is 1. The standard InChI is InChI=1S/C16H13F5N4O2S2/c1-3-28(26)11-4-8(16(19,20)21)6-23-13(11)14-24-9-5-12(29(27)15(17)18)22-7-10(9)25(14)2/h4-7,15H,3H2,1-2H3. The monoisotopic (exact) mass is 452 g/mol. The van der Waals surface area contributed by atoms with Crippen LogP contribution in [0.2, 0.25) is 0 Å². The van der Waals surface area contributed by atoms with Gasteiger partial charge in [-0.05, 0) is 18.1 Å². The number of alkyl halides is 5. The Bertz CT molecular complexity index is 1040. The summed E-state index contributed by atoms with van der Waals surface area (Å²) in [6, 6.07) is 1.87. The summed E-state index contributed by atoms with van der Waals surface area (Å²) in [7, 11) is 1.52. The van der Waals surface area contributed by atoms with Gasteiger partial charge in [-0.2, -0.15) is 22.0 Å². The second-order valence-electron chi connectivity index (χ2n) is 5.77. The zero-order chi connectivity index (χ0) is 21.5. The molecule has 29 heavy (non-hydrogen) atoms. The summed E-state index contributed by atoms with van der Waals surface area (Å²) < 4.78 is 89.8. The van der Waals surface area contributed by atoms with Gasteiger partial charge in [0.25, 0.3) is 5.03 Å². The van der Waals surface area contributed by atoms with Crippen molar-refractivity contribution < 1.29 is 31.1 Å². The van der Waals surface area contributed by atoms with Crippen molar-refractivity contribution in [2.24, 2.45) is 7.05 Å². The van der Waals surface area contributed by atoms with Crippen LogP contribution in [0.5, 0.6) is 0 Å². The van der Waals surface area contributed by atoms with Crippen molar-refractivity contribution in [2.75, 3.05) is 5.75 Å². The summed E-state index contributed by atoms with van der Waals surface area (Å²) in [6.07, 6.45) is -2.87. The summed E-state index contributed by atoms with van der Waals surface area (Å²) in [6.45, 7) is 1.55. The van der Waals surface area contributed by atoms with Crippen LogP contribution in [0.3, 0.4) is 0 Å². The first kappa shape index (κ1) is 21.7. The molecule has 6 nitrogen and oxygen atoms in total. The number of imidazole rings is 1. The van der Waals surface area contributed by atoms with E-state index in [1.807, 2.05) is 0 Å². The lowest BCUT2D eigenvalue weighted by Gasteiger charge is -2.14. The third-order valence-corrected chi connectivity index (χ3v) is 6.29. The Hall–Kier alpha value is -1.96. The average molecular weight is 452 g/mol. The predicted molar refractivity (Wildman–Crippen MR) is 96.1 cm³/mol. The first-order valence-corrected chi connectivity index (χ1v) is 10.5. The number of pyridine rings is 2. The Balaban J connectivity index is 2.18. The topological polar surface area (TPSA) is 89.7 Å². The average Bonchev–Trinajstić information content (AvgIpc) is 3.01. The van der Waals surface area contributed by atoms with Crippen LogP contribution < -0.4 is 0 Å². The highest BCUT2D eigenvalue weighted by molar-refractivity contribution is 7.91. The molecule has 0 saturated carbocycles. The molecule has 0 fully saturated rings. The van der Waals surface area contributed by atoms with Gasteiger partial charge in [-0.1, -0.05) is 0 Å². The van der Waals surface area contributed by atoms with E-state index >= 15 is 0 Å². The van der Waals surface area contributed by atoms with Crippen molar-refractivity contribution >= 4 is 33.4 Å². The first-order valence-electron chi connectivity index (χ1n) is 8.01. The second kappa shape index (κ2) is 8.05. The van der Waals surface area contributed by atoms with Crippen molar-refractivity contribution in [1.82, 2.24) is 19.5 Å². The van der Waals surface area contributed by atoms with Gasteiger partial charge in [0.05, 0.1) is 34.0 Å². The SMILES string of the molecule is CC[S+]([O-])c1cc(C(F)(F)F)cnc1-c1nc2cc([S+]([O-])C(F)F)ncc2n1C. The fraction of sp³-hybridized carbons (Fsp3) is 0.312. The normalized spacial score (nSPS) is 14.6. The van der Waals surface area contributed by atoms with E-state index in [1.54, 1.807) is 6.92 Å². The molecule has 3 heterocycles. The molecule has 0 aromatic carbocycles. The summed E-state index contributed by atoms with van der Waals surface area (Å²) in [5.74, 6) is -3.00. The Labute approximate surface area is 167 Å². The van der Waals surface area contributed by atoms with Gasteiger partial charge < -0.3 is 13.7 Å². The zero-order valence-corrected chi connectivity index (χ0v) is 16.5. The largest absolute Gasteiger partial charge is 0.611 e. The van der Waals surface area contributed by atoms with Gasteiger partial charge in [0.1, 0.15) is 5.75 Å². The van der Waals surface area contributed by atoms with Gasteiger partial charge in [-0.25, -0.2) is 15.0 Å². The Morgan fingerprint density at radius 1 is 1.14 bits per heavy atom. The van der Waals surface area contributed by atoms with E-state index < -0.39 is 39.8 Å². The lowest BCUT2D eigenvalue weighted by molar-refractivity contribution is -0.138. The maximum Gasteiger partial charge on any atom is 0.418 e. The third kappa shape index (κ3) is 4.17. The molecule has 2 atom stereocenters. The maximum absolute atomic E-state index is 13.0. The molecule has 3 aromatic heterocycles.